The molecule has 234 valence electrons. The molecule has 9 nitrogen and oxygen atoms in total. The molecule has 3 aliphatic rings. The Kier molecular flexibility index (Phi) is 15.3. The van der Waals surface area contributed by atoms with Gasteiger partial charge in [0.15, 0.2) is 12.6 Å². The summed E-state index contributed by atoms with van der Waals surface area (Å²) in [5.74, 6) is 0. The van der Waals surface area contributed by atoms with Crippen LogP contribution in [0.25, 0.3) is 0 Å². The van der Waals surface area contributed by atoms with Gasteiger partial charge >= 0.3 is 0 Å². The Balaban J connectivity index is 1.28. The zero-order chi connectivity index (χ0) is 28.5. The van der Waals surface area contributed by atoms with Gasteiger partial charge in [-0.3, -0.25) is 4.90 Å². The number of unbranched alkanes of at least 4 members (excludes halogenated alkanes) is 7. The van der Waals surface area contributed by atoms with E-state index in [4.69, 9.17) is 37.9 Å². The van der Waals surface area contributed by atoms with Gasteiger partial charge in [0.1, 0.15) is 24.4 Å². The minimum absolute atomic E-state index is 0.325. The number of hydrogen-bond acceptors (Lipinski definition) is 9. The predicted molar refractivity (Wildman–Crippen MR) is 156 cm³/mol. The molecule has 4 rings (SSSR count). The van der Waals surface area contributed by atoms with Crippen LogP contribution in [0, 0.1) is 0 Å². The van der Waals surface area contributed by atoms with E-state index in [9.17, 15) is 0 Å². The molecule has 0 aliphatic carbocycles. The number of rotatable bonds is 11. The van der Waals surface area contributed by atoms with Crippen molar-refractivity contribution in [3.63, 3.8) is 0 Å². The summed E-state index contributed by atoms with van der Waals surface area (Å²) in [5, 5.41) is 0. The van der Waals surface area contributed by atoms with Crippen molar-refractivity contribution in [1.82, 2.24) is 4.90 Å². The van der Waals surface area contributed by atoms with Gasteiger partial charge in [0.05, 0.1) is 46.2 Å². The highest BCUT2D eigenvalue weighted by atomic mass is 16.8. The molecule has 1 aromatic rings. The van der Waals surface area contributed by atoms with Crippen LogP contribution in [-0.4, -0.2) is 109 Å². The van der Waals surface area contributed by atoms with Crippen molar-refractivity contribution in [2.75, 3.05) is 73.0 Å². The Morgan fingerprint density at radius 1 is 0.707 bits per heavy atom. The summed E-state index contributed by atoms with van der Waals surface area (Å²) in [6, 6.07) is 9.94. The molecule has 0 unspecified atom stereocenters. The monoisotopic (exact) mass is 579 g/mol. The lowest BCUT2D eigenvalue weighted by molar-refractivity contribution is -0.368. The maximum absolute atomic E-state index is 6.43. The van der Waals surface area contributed by atoms with Gasteiger partial charge < -0.3 is 37.9 Å². The molecule has 0 spiro atoms. The highest BCUT2D eigenvalue weighted by Gasteiger charge is 2.51. The summed E-state index contributed by atoms with van der Waals surface area (Å²) in [6.07, 6.45) is 7.96. The normalized spacial score (nSPS) is 31.0. The van der Waals surface area contributed by atoms with E-state index in [-0.39, 0.29) is 12.2 Å². The van der Waals surface area contributed by atoms with Gasteiger partial charge in [-0.25, -0.2) is 0 Å². The first kappa shape index (κ1) is 32.8. The molecule has 6 atom stereocenters. The van der Waals surface area contributed by atoms with Crippen LogP contribution in [0.4, 0.5) is 0 Å². The molecule has 0 bridgehead atoms. The molecular weight excluding hydrogens is 526 g/mol. The minimum Gasteiger partial charge on any atom is -0.378 e. The van der Waals surface area contributed by atoms with Crippen molar-refractivity contribution in [2.45, 2.75) is 95.3 Å². The smallest absolute Gasteiger partial charge is 0.186 e. The Hall–Kier alpha value is -1.14. The first-order valence-corrected chi connectivity index (χ1v) is 15.9. The van der Waals surface area contributed by atoms with E-state index in [0.717, 1.165) is 25.2 Å². The second kappa shape index (κ2) is 19.2. The third-order valence-corrected chi connectivity index (χ3v) is 8.10. The summed E-state index contributed by atoms with van der Waals surface area (Å²) in [7, 11) is 1.62. The van der Waals surface area contributed by atoms with Crippen molar-refractivity contribution in [1.29, 1.82) is 0 Å². The largest absolute Gasteiger partial charge is 0.378 e. The maximum atomic E-state index is 6.43. The van der Waals surface area contributed by atoms with E-state index in [1.165, 1.54) is 51.4 Å². The second-order valence-electron chi connectivity index (χ2n) is 11.2. The molecule has 9 heteroatoms. The summed E-state index contributed by atoms with van der Waals surface area (Å²) < 4.78 is 49.0. The summed E-state index contributed by atoms with van der Waals surface area (Å²) >= 11 is 0. The lowest BCUT2D eigenvalue weighted by Crippen LogP contribution is -2.63. The topological polar surface area (TPSA) is 77.1 Å². The molecule has 3 saturated heterocycles. The fourth-order valence-corrected chi connectivity index (χ4v) is 5.76. The molecule has 0 amide bonds. The van der Waals surface area contributed by atoms with Crippen molar-refractivity contribution in [2.24, 2.45) is 0 Å². The Bertz CT molecular complexity index is 801. The van der Waals surface area contributed by atoms with Crippen LogP contribution in [-0.2, 0) is 37.9 Å². The maximum Gasteiger partial charge on any atom is 0.186 e. The van der Waals surface area contributed by atoms with E-state index in [1.807, 2.05) is 30.3 Å². The van der Waals surface area contributed by atoms with Crippen molar-refractivity contribution < 1.29 is 37.9 Å². The average Bonchev–Trinajstić information content (AvgIpc) is 3.02. The Morgan fingerprint density at radius 2 is 1.37 bits per heavy atom. The van der Waals surface area contributed by atoms with Gasteiger partial charge in [0.2, 0.25) is 0 Å². The van der Waals surface area contributed by atoms with Crippen LogP contribution in [0.15, 0.2) is 30.3 Å². The minimum atomic E-state index is -0.597. The van der Waals surface area contributed by atoms with Gasteiger partial charge in [-0.2, -0.15) is 0 Å². The molecule has 3 aliphatic heterocycles. The van der Waals surface area contributed by atoms with Crippen molar-refractivity contribution in [3.05, 3.63) is 35.9 Å². The lowest BCUT2D eigenvalue weighted by atomic mass is 9.97. The summed E-state index contributed by atoms with van der Waals surface area (Å²) in [5.41, 5.74) is 0.961. The predicted octanol–water partition coefficient (Wildman–Crippen LogP) is 4.73. The van der Waals surface area contributed by atoms with E-state index < -0.39 is 24.8 Å². The van der Waals surface area contributed by atoms with Crippen LogP contribution in [0.2, 0.25) is 0 Å². The van der Waals surface area contributed by atoms with E-state index >= 15 is 0 Å². The van der Waals surface area contributed by atoms with Crippen LogP contribution in [0.1, 0.15) is 70.1 Å². The van der Waals surface area contributed by atoms with Crippen LogP contribution >= 0.6 is 0 Å². The average molecular weight is 580 g/mol. The number of nitrogens with zero attached hydrogens (tertiary/aromatic N) is 1. The molecule has 0 radical (unpaired) electrons. The van der Waals surface area contributed by atoms with Gasteiger partial charge in [0.25, 0.3) is 0 Å². The number of fused-ring (bicyclic) bond motifs is 3. The van der Waals surface area contributed by atoms with Crippen LogP contribution in [0.3, 0.4) is 0 Å². The summed E-state index contributed by atoms with van der Waals surface area (Å²) in [6.45, 7) is 8.69. The molecule has 41 heavy (non-hydrogen) atoms. The third kappa shape index (κ3) is 10.8. The molecule has 3 heterocycles. The quantitative estimate of drug-likeness (QED) is 0.346. The van der Waals surface area contributed by atoms with Gasteiger partial charge in [-0.1, -0.05) is 82.2 Å². The first-order chi connectivity index (χ1) is 20.3. The highest BCUT2D eigenvalue weighted by Crippen LogP contribution is 2.36. The fourth-order valence-electron chi connectivity index (χ4n) is 5.76. The third-order valence-electron chi connectivity index (χ3n) is 8.10. The van der Waals surface area contributed by atoms with Crippen molar-refractivity contribution in [3.8, 4) is 0 Å². The number of ether oxygens (including phenoxy) is 8. The Labute approximate surface area is 247 Å². The van der Waals surface area contributed by atoms with Crippen LogP contribution < -0.4 is 0 Å². The van der Waals surface area contributed by atoms with Gasteiger partial charge in [0, 0.05) is 25.8 Å². The van der Waals surface area contributed by atoms with Crippen molar-refractivity contribution >= 4 is 0 Å². The van der Waals surface area contributed by atoms with Crippen LogP contribution in [0.5, 0.6) is 0 Å². The standard InChI is InChI=1S/C32H53NO8/c1-3-4-5-6-7-8-9-13-16-33-17-19-35-21-23-37-29-28-27(25-39-31(41-28)26-14-11-10-12-15-26)40-32(34-2)30(29)38-24-22-36-20-18-33/h10-12,14-15,27-32H,3-9,13,16-25H2,1-2H3/t27-,28-,29+,30-,31-,32+/m1/s1. The molecule has 3 fully saturated rings. The van der Waals surface area contributed by atoms with E-state index in [0.29, 0.717) is 46.2 Å². The molecule has 0 aromatic heterocycles. The SMILES string of the molecule is CCCCCCCCCCN1CCOCCO[C@@H]2[C@@H](OCCOCC1)[C@@H](OC)O[C@@H]1CO[C@@H](c3ccccc3)O[C@@H]21. The molecule has 0 saturated carbocycles. The molecule has 1 aromatic carbocycles. The molecular formula is C32H53NO8. The van der Waals surface area contributed by atoms with Gasteiger partial charge in [-0.15, -0.1) is 0 Å². The zero-order valence-corrected chi connectivity index (χ0v) is 25.3. The number of hydrogen-bond donors (Lipinski definition) is 0. The second-order valence-corrected chi connectivity index (χ2v) is 11.2. The zero-order valence-electron chi connectivity index (χ0n) is 25.3. The van der Waals surface area contributed by atoms with E-state index in [1.54, 1.807) is 7.11 Å². The summed E-state index contributed by atoms with van der Waals surface area (Å²) in [4.78, 5) is 2.46. The molecule has 0 N–H and O–H groups in total. The Morgan fingerprint density at radius 3 is 2.05 bits per heavy atom. The fraction of sp³-hybridized carbons (Fsp3) is 0.812. The number of methoxy groups -OCH3 is 1. The number of benzene rings is 1. The van der Waals surface area contributed by atoms with E-state index in [2.05, 4.69) is 11.8 Å². The van der Waals surface area contributed by atoms with Gasteiger partial charge in [-0.05, 0) is 13.0 Å². The first-order valence-electron chi connectivity index (χ1n) is 15.9. The lowest BCUT2D eigenvalue weighted by Gasteiger charge is -2.48. The highest BCUT2D eigenvalue weighted by molar-refractivity contribution is 5.16.